The molecule has 2 amide bonds. The molecule has 0 aromatic heterocycles. The van der Waals surface area contributed by atoms with Crippen molar-refractivity contribution in [1.82, 2.24) is 4.90 Å². The van der Waals surface area contributed by atoms with Crippen LogP contribution in [0.15, 0.2) is 45.8 Å². The average molecular weight is 575 g/mol. The number of carboxylic acids is 1. The number of nitrogens with one attached hydrogen (secondary N) is 1. The number of anilines is 1. The second kappa shape index (κ2) is 10.7. The van der Waals surface area contributed by atoms with Crippen molar-refractivity contribution in [1.29, 1.82) is 0 Å². The molecule has 0 saturated heterocycles. The molecule has 35 heavy (non-hydrogen) atoms. The fourth-order valence-electron chi connectivity index (χ4n) is 3.90. The van der Waals surface area contributed by atoms with Crippen LogP contribution in [-0.4, -0.2) is 45.7 Å². The Morgan fingerprint density at radius 3 is 2.43 bits per heavy atom. The number of hydrogen-bond acceptors (Lipinski definition) is 4. The fourth-order valence-corrected chi connectivity index (χ4v) is 5.53. The highest BCUT2D eigenvalue weighted by Crippen LogP contribution is 2.40. The number of nitrogens with zero attached hydrogens (tertiary/aromatic N) is 1. The van der Waals surface area contributed by atoms with Gasteiger partial charge in [0, 0.05) is 27.6 Å². The van der Waals surface area contributed by atoms with Crippen LogP contribution in [-0.2, 0) is 17.6 Å². The van der Waals surface area contributed by atoms with E-state index in [1.165, 1.54) is 23.9 Å². The number of fused-ring (bicyclic) bond motifs is 1. The molecule has 0 saturated carbocycles. The van der Waals surface area contributed by atoms with E-state index in [4.69, 9.17) is 0 Å². The molecule has 0 radical (unpaired) electrons. The van der Waals surface area contributed by atoms with Crippen molar-refractivity contribution in [3.63, 3.8) is 0 Å². The molecular weight excluding hydrogens is 549 g/mol. The van der Waals surface area contributed by atoms with E-state index in [0.717, 1.165) is 45.5 Å². The van der Waals surface area contributed by atoms with E-state index in [1.807, 2.05) is 19.1 Å². The van der Waals surface area contributed by atoms with E-state index in [1.54, 1.807) is 18.7 Å². The predicted octanol–water partition coefficient (Wildman–Crippen LogP) is 6.71. The summed E-state index contributed by atoms with van der Waals surface area (Å²) in [6.45, 7) is 5.66. The Morgan fingerprint density at radius 1 is 1.20 bits per heavy atom. The summed E-state index contributed by atoms with van der Waals surface area (Å²) in [5.74, 6) is -1.25. The maximum atomic E-state index is 12.9. The standard InChI is InChI=1S/C24H26BrF3N2O4S/c1-4-30(22(33)29-16-6-9-18(10-7-16)34-24(26,27)28)17-8-5-14-13-20(19(25)12-15(14)11-17)35-23(2,3)21(31)32/h6-7,9-10,12-13,17H,4-5,8,11H2,1-3H3,(H,29,33)(H,31,32). The van der Waals surface area contributed by atoms with Crippen LogP contribution in [0, 0.1) is 0 Å². The van der Waals surface area contributed by atoms with Gasteiger partial charge in [0.05, 0.1) is 0 Å². The van der Waals surface area contributed by atoms with Crippen molar-refractivity contribution in [2.24, 2.45) is 0 Å². The summed E-state index contributed by atoms with van der Waals surface area (Å²) < 4.78 is 40.7. The van der Waals surface area contributed by atoms with E-state index < -0.39 is 17.1 Å². The maximum Gasteiger partial charge on any atom is 0.573 e. The number of carbonyl (C=O) groups excluding carboxylic acids is 1. The third-order valence-corrected chi connectivity index (χ3v) is 7.88. The highest BCUT2D eigenvalue weighted by atomic mass is 79.9. The summed E-state index contributed by atoms with van der Waals surface area (Å²) in [7, 11) is 0. The molecule has 2 N–H and O–H groups in total. The minimum atomic E-state index is -4.78. The zero-order valence-electron chi connectivity index (χ0n) is 19.4. The van der Waals surface area contributed by atoms with Gasteiger partial charge in [-0.3, -0.25) is 4.79 Å². The van der Waals surface area contributed by atoms with Gasteiger partial charge in [-0.05, 0) is 103 Å². The Labute approximate surface area is 214 Å². The summed E-state index contributed by atoms with van der Waals surface area (Å²) in [5, 5.41) is 12.2. The summed E-state index contributed by atoms with van der Waals surface area (Å²) >= 11 is 4.84. The van der Waals surface area contributed by atoms with Gasteiger partial charge in [-0.25, -0.2) is 4.79 Å². The van der Waals surface area contributed by atoms with Gasteiger partial charge < -0.3 is 20.1 Å². The highest BCUT2D eigenvalue weighted by molar-refractivity contribution is 9.10. The monoisotopic (exact) mass is 574 g/mol. The first kappa shape index (κ1) is 27.2. The van der Waals surface area contributed by atoms with Crippen molar-refractivity contribution in [3.8, 4) is 5.75 Å². The number of rotatable bonds is 7. The van der Waals surface area contributed by atoms with Crippen molar-refractivity contribution >= 4 is 45.4 Å². The van der Waals surface area contributed by atoms with Crippen molar-refractivity contribution in [3.05, 3.63) is 52.0 Å². The SMILES string of the molecule is CCN(C(=O)Nc1ccc(OC(F)(F)F)cc1)C1CCc2cc(SC(C)(C)C(=O)O)c(Br)cc2C1. The molecule has 0 bridgehead atoms. The molecule has 1 aliphatic carbocycles. The van der Waals surface area contributed by atoms with Gasteiger partial charge in [0.1, 0.15) is 10.5 Å². The second-order valence-electron chi connectivity index (χ2n) is 8.65. The lowest BCUT2D eigenvalue weighted by Gasteiger charge is -2.35. The quantitative estimate of drug-likeness (QED) is 0.359. The number of aryl methyl sites for hydroxylation is 1. The van der Waals surface area contributed by atoms with E-state index in [9.17, 15) is 27.9 Å². The van der Waals surface area contributed by atoms with Gasteiger partial charge in [0.25, 0.3) is 0 Å². The molecule has 2 aromatic carbocycles. The van der Waals surface area contributed by atoms with Crippen LogP contribution in [0.2, 0.25) is 0 Å². The number of halogens is 4. The van der Waals surface area contributed by atoms with Gasteiger partial charge in [-0.2, -0.15) is 0 Å². The smallest absolute Gasteiger partial charge is 0.480 e. The number of hydrogen-bond donors (Lipinski definition) is 2. The first-order valence-electron chi connectivity index (χ1n) is 11.0. The molecule has 11 heteroatoms. The molecule has 1 aliphatic rings. The van der Waals surface area contributed by atoms with Gasteiger partial charge in [-0.1, -0.05) is 0 Å². The Kier molecular flexibility index (Phi) is 8.31. The summed E-state index contributed by atoms with van der Waals surface area (Å²) in [4.78, 5) is 27.0. The van der Waals surface area contributed by atoms with Gasteiger partial charge in [0.15, 0.2) is 0 Å². The fraction of sp³-hybridized carbons (Fsp3) is 0.417. The molecule has 6 nitrogen and oxygen atoms in total. The van der Waals surface area contributed by atoms with Crippen LogP contribution in [0.4, 0.5) is 23.7 Å². The van der Waals surface area contributed by atoms with Crippen molar-refractivity contribution in [2.75, 3.05) is 11.9 Å². The summed E-state index contributed by atoms with van der Waals surface area (Å²) in [5.41, 5.74) is 2.58. The molecule has 1 atom stereocenters. The molecule has 0 fully saturated rings. The molecule has 190 valence electrons. The normalized spacial score (nSPS) is 15.8. The molecule has 0 aliphatic heterocycles. The number of urea groups is 1. The Balaban J connectivity index is 1.69. The van der Waals surface area contributed by atoms with Crippen LogP contribution in [0.1, 0.15) is 38.3 Å². The maximum absolute atomic E-state index is 12.9. The third kappa shape index (κ3) is 7.07. The molecule has 2 aromatic rings. The average Bonchev–Trinajstić information content (AvgIpc) is 2.75. The van der Waals surface area contributed by atoms with Gasteiger partial charge in [0.2, 0.25) is 0 Å². The highest BCUT2D eigenvalue weighted by Gasteiger charge is 2.32. The Bertz CT molecular complexity index is 1090. The van der Waals surface area contributed by atoms with Crippen LogP contribution in [0.25, 0.3) is 0 Å². The number of carboxylic acid groups (broad SMARTS) is 1. The molecule has 3 rings (SSSR count). The van der Waals surface area contributed by atoms with Crippen LogP contribution < -0.4 is 10.1 Å². The number of thioether (sulfide) groups is 1. The Morgan fingerprint density at radius 2 is 1.86 bits per heavy atom. The van der Waals surface area contributed by atoms with Crippen LogP contribution >= 0.6 is 27.7 Å². The number of alkyl halides is 3. The molecular formula is C24H26BrF3N2O4S. The minimum Gasteiger partial charge on any atom is -0.480 e. The van der Waals surface area contributed by atoms with Gasteiger partial charge >= 0.3 is 18.4 Å². The van der Waals surface area contributed by atoms with Crippen LogP contribution in [0.3, 0.4) is 0 Å². The second-order valence-corrected chi connectivity index (χ2v) is 11.2. The third-order valence-electron chi connectivity index (χ3n) is 5.72. The number of amides is 2. The van der Waals surface area contributed by atoms with E-state index in [-0.39, 0.29) is 17.8 Å². The molecule has 0 spiro atoms. The lowest BCUT2D eigenvalue weighted by Crippen LogP contribution is -2.45. The van der Waals surface area contributed by atoms with E-state index in [2.05, 4.69) is 26.0 Å². The zero-order chi connectivity index (χ0) is 26.0. The lowest BCUT2D eigenvalue weighted by atomic mass is 9.87. The summed E-state index contributed by atoms with van der Waals surface area (Å²) in [6.07, 6.45) is -2.66. The van der Waals surface area contributed by atoms with Crippen molar-refractivity contribution < 1.29 is 32.6 Å². The van der Waals surface area contributed by atoms with E-state index >= 15 is 0 Å². The Hall–Kier alpha value is -2.40. The number of aliphatic carboxylic acids is 1. The summed E-state index contributed by atoms with van der Waals surface area (Å²) in [6, 6.07) is 8.64. The molecule has 1 unspecified atom stereocenters. The first-order chi connectivity index (χ1) is 16.3. The largest absolute Gasteiger partial charge is 0.573 e. The number of carbonyl (C=O) groups is 2. The topological polar surface area (TPSA) is 78.9 Å². The number of ether oxygens (including phenoxy) is 1. The van der Waals surface area contributed by atoms with Crippen LogP contribution in [0.5, 0.6) is 5.75 Å². The minimum absolute atomic E-state index is 0.0544. The first-order valence-corrected chi connectivity index (χ1v) is 12.6. The van der Waals surface area contributed by atoms with Crippen molar-refractivity contribution in [2.45, 2.75) is 62.1 Å². The number of benzene rings is 2. The molecule has 0 heterocycles. The zero-order valence-corrected chi connectivity index (χ0v) is 21.8. The van der Waals surface area contributed by atoms with E-state index in [0.29, 0.717) is 18.7 Å². The lowest BCUT2D eigenvalue weighted by molar-refractivity contribution is -0.274. The predicted molar refractivity (Wildman–Crippen MR) is 132 cm³/mol. The number of likely N-dealkylation sites (N-methyl/N-ethyl adjacent to an activating group) is 1. The van der Waals surface area contributed by atoms with Gasteiger partial charge in [-0.15, -0.1) is 24.9 Å².